The van der Waals surface area contributed by atoms with Crippen LogP contribution in [-0.2, 0) is 11.2 Å². The zero-order valence-corrected chi connectivity index (χ0v) is 14.6. The molecular weight excluding hydrogens is 306 g/mol. The van der Waals surface area contributed by atoms with Crippen molar-refractivity contribution in [1.82, 2.24) is 14.8 Å². The third-order valence-corrected chi connectivity index (χ3v) is 5.99. The summed E-state index contributed by atoms with van der Waals surface area (Å²) >= 11 is 2.08. The van der Waals surface area contributed by atoms with E-state index in [2.05, 4.69) is 26.5 Å². The second-order valence-electron chi connectivity index (χ2n) is 6.48. The molecule has 23 heavy (non-hydrogen) atoms. The quantitative estimate of drug-likeness (QED) is 0.848. The molecule has 2 aliphatic heterocycles. The Bertz CT molecular complexity index is 490. The zero-order valence-electron chi connectivity index (χ0n) is 13.8. The topological polar surface area (TPSA) is 36.4 Å². The molecule has 0 saturated carbocycles. The standard InChI is InChI=1S/C18H27N3OS/c22-18(5-4-16-3-1-8-19-15-16)21-10-2-9-20(11-12-21)17-6-13-23-14-7-17/h1,3,8,15,17H,2,4-7,9-14H2. The fraction of sp³-hybridized carbons (Fsp3) is 0.667. The maximum Gasteiger partial charge on any atom is 0.222 e. The highest BCUT2D eigenvalue weighted by molar-refractivity contribution is 7.99. The largest absolute Gasteiger partial charge is 0.341 e. The molecule has 126 valence electrons. The molecule has 0 aromatic carbocycles. The number of nitrogens with zero attached hydrogens (tertiary/aromatic N) is 3. The van der Waals surface area contributed by atoms with E-state index < -0.39 is 0 Å². The van der Waals surface area contributed by atoms with Crippen molar-refractivity contribution in [2.24, 2.45) is 0 Å². The Kier molecular flexibility index (Phi) is 6.34. The smallest absolute Gasteiger partial charge is 0.222 e. The summed E-state index contributed by atoms with van der Waals surface area (Å²) in [6, 6.07) is 4.74. The molecule has 0 bridgehead atoms. The van der Waals surface area contributed by atoms with Crippen LogP contribution in [0.5, 0.6) is 0 Å². The molecular formula is C18H27N3OS. The third-order valence-electron chi connectivity index (χ3n) is 4.94. The van der Waals surface area contributed by atoms with E-state index in [1.54, 1.807) is 6.20 Å². The number of pyridine rings is 1. The Hall–Kier alpha value is -1.07. The summed E-state index contributed by atoms with van der Waals surface area (Å²) in [5.74, 6) is 2.90. The molecule has 1 amide bonds. The maximum atomic E-state index is 12.5. The minimum absolute atomic E-state index is 0.301. The van der Waals surface area contributed by atoms with E-state index in [0.717, 1.165) is 50.6 Å². The Balaban J connectivity index is 1.46. The van der Waals surface area contributed by atoms with E-state index in [4.69, 9.17) is 0 Å². The van der Waals surface area contributed by atoms with Gasteiger partial charge in [-0.15, -0.1) is 0 Å². The van der Waals surface area contributed by atoms with Crippen molar-refractivity contribution in [3.05, 3.63) is 30.1 Å². The van der Waals surface area contributed by atoms with E-state index in [9.17, 15) is 4.79 Å². The van der Waals surface area contributed by atoms with Gasteiger partial charge in [-0.1, -0.05) is 6.07 Å². The van der Waals surface area contributed by atoms with Gasteiger partial charge in [0.15, 0.2) is 0 Å². The lowest BCUT2D eigenvalue weighted by Gasteiger charge is -2.33. The summed E-state index contributed by atoms with van der Waals surface area (Å²) in [6.45, 7) is 4.02. The summed E-state index contributed by atoms with van der Waals surface area (Å²) in [5, 5.41) is 0. The number of aromatic nitrogens is 1. The fourth-order valence-corrected chi connectivity index (χ4v) is 4.64. The Labute approximate surface area is 143 Å². The number of aryl methyl sites for hydroxylation is 1. The summed E-state index contributed by atoms with van der Waals surface area (Å²) in [7, 11) is 0. The number of hydrogen-bond acceptors (Lipinski definition) is 4. The van der Waals surface area contributed by atoms with Gasteiger partial charge in [-0.25, -0.2) is 0 Å². The molecule has 2 fully saturated rings. The van der Waals surface area contributed by atoms with Gasteiger partial charge in [0.05, 0.1) is 0 Å². The molecule has 3 rings (SSSR count). The number of thioether (sulfide) groups is 1. The van der Waals surface area contributed by atoms with Crippen LogP contribution in [0.3, 0.4) is 0 Å². The highest BCUT2D eigenvalue weighted by atomic mass is 32.2. The van der Waals surface area contributed by atoms with E-state index in [1.165, 1.54) is 24.3 Å². The van der Waals surface area contributed by atoms with Gasteiger partial charge >= 0.3 is 0 Å². The normalized spacial score (nSPS) is 21.1. The van der Waals surface area contributed by atoms with E-state index in [0.29, 0.717) is 12.3 Å². The summed E-state index contributed by atoms with van der Waals surface area (Å²) in [5.41, 5.74) is 1.15. The van der Waals surface area contributed by atoms with Gasteiger partial charge in [0, 0.05) is 51.0 Å². The maximum absolute atomic E-state index is 12.5. The van der Waals surface area contributed by atoms with Gasteiger partial charge in [0.25, 0.3) is 0 Å². The summed E-state index contributed by atoms with van der Waals surface area (Å²) < 4.78 is 0. The van der Waals surface area contributed by atoms with E-state index in [1.807, 2.05) is 18.3 Å². The number of hydrogen-bond donors (Lipinski definition) is 0. The third kappa shape index (κ3) is 4.95. The zero-order chi connectivity index (χ0) is 15.9. The lowest BCUT2D eigenvalue weighted by atomic mass is 10.1. The first-order chi connectivity index (χ1) is 11.3. The van der Waals surface area contributed by atoms with Crippen molar-refractivity contribution in [1.29, 1.82) is 0 Å². The van der Waals surface area contributed by atoms with Gasteiger partial charge in [-0.05, 0) is 48.8 Å². The molecule has 1 aromatic heterocycles. The molecule has 5 heteroatoms. The molecule has 0 aliphatic carbocycles. The SMILES string of the molecule is O=C(CCc1cccnc1)N1CCCN(C2CCSCC2)CC1. The van der Waals surface area contributed by atoms with Crippen molar-refractivity contribution in [2.75, 3.05) is 37.7 Å². The molecule has 2 aliphatic rings. The van der Waals surface area contributed by atoms with Crippen LogP contribution >= 0.6 is 11.8 Å². The predicted molar refractivity (Wildman–Crippen MR) is 95.7 cm³/mol. The molecule has 0 unspecified atom stereocenters. The number of carbonyl (C=O) groups excluding carboxylic acids is 1. The second kappa shape index (κ2) is 8.69. The van der Waals surface area contributed by atoms with Crippen LogP contribution in [0.4, 0.5) is 0 Å². The second-order valence-corrected chi connectivity index (χ2v) is 7.70. The lowest BCUT2D eigenvalue weighted by Crippen LogP contribution is -2.41. The highest BCUT2D eigenvalue weighted by Crippen LogP contribution is 2.22. The van der Waals surface area contributed by atoms with Crippen LogP contribution in [0.15, 0.2) is 24.5 Å². The average molecular weight is 334 g/mol. The molecule has 0 N–H and O–H groups in total. The van der Waals surface area contributed by atoms with Crippen LogP contribution < -0.4 is 0 Å². The fourth-order valence-electron chi connectivity index (χ4n) is 3.56. The van der Waals surface area contributed by atoms with Crippen LogP contribution in [0, 0.1) is 0 Å². The first kappa shape index (κ1) is 16.8. The van der Waals surface area contributed by atoms with Gasteiger partial charge < -0.3 is 4.90 Å². The van der Waals surface area contributed by atoms with Crippen molar-refractivity contribution in [3.63, 3.8) is 0 Å². The Morgan fingerprint density at radius 1 is 1.22 bits per heavy atom. The molecule has 0 radical (unpaired) electrons. The predicted octanol–water partition coefficient (Wildman–Crippen LogP) is 2.44. The summed E-state index contributed by atoms with van der Waals surface area (Å²) in [6.07, 6.45) is 8.79. The van der Waals surface area contributed by atoms with Crippen molar-refractivity contribution in [3.8, 4) is 0 Å². The Morgan fingerprint density at radius 3 is 2.87 bits per heavy atom. The van der Waals surface area contributed by atoms with Crippen LogP contribution in [0.2, 0.25) is 0 Å². The van der Waals surface area contributed by atoms with Crippen LogP contribution in [0.1, 0.15) is 31.2 Å². The van der Waals surface area contributed by atoms with Crippen molar-refractivity contribution in [2.45, 2.75) is 38.1 Å². The lowest BCUT2D eigenvalue weighted by molar-refractivity contribution is -0.131. The van der Waals surface area contributed by atoms with E-state index >= 15 is 0 Å². The highest BCUT2D eigenvalue weighted by Gasteiger charge is 2.25. The molecule has 2 saturated heterocycles. The molecule has 4 nitrogen and oxygen atoms in total. The Morgan fingerprint density at radius 2 is 2.09 bits per heavy atom. The monoisotopic (exact) mass is 333 g/mol. The minimum atomic E-state index is 0.301. The van der Waals surface area contributed by atoms with Gasteiger partial charge in [-0.3, -0.25) is 14.7 Å². The van der Waals surface area contributed by atoms with Crippen LogP contribution in [0.25, 0.3) is 0 Å². The van der Waals surface area contributed by atoms with Crippen molar-refractivity contribution >= 4 is 17.7 Å². The van der Waals surface area contributed by atoms with Crippen LogP contribution in [-0.4, -0.2) is 64.4 Å². The number of rotatable bonds is 4. The minimum Gasteiger partial charge on any atom is -0.341 e. The molecule has 0 spiro atoms. The first-order valence-corrected chi connectivity index (χ1v) is 9.97. The molecule has 3 heterocycles. The first-order valence-electron chi connectivity index (χ1n) is 8.81. The average Bonchev–Trinajstić information content (AvgIpc) is 2.87. The van der Waals surface area contributed by atoms with Gasteiger partial charge in [0.1, 0.15) is 0 Å². The van der Waals surface area contributed by atoms with Crippen molar-refractivity contribution < 1.29 is 4.79 Å². The number of carbonyl (C=O) groups is 1. The molecule has 0 atom stereocenters. The summed E-state index contributed by atoms with van der Waals surface area (Å²) in [4.78, 5) is 21.3. The van der Waals surface area contributed by atoms with E-state index in [-0.39, 0.29) is 0 Å². The molecule has 1 aromatic rings. The van der Waals surface area contributed by atoms with Gasteiger partial charge in [-0.2, -0.15) is 11.8 Å². The van der Waals surface area contributed by atoms with Gasteiger partial charge in [0.2, 0.25) is 5.91 Å². The number of amides is 1.